The van der Waals surface area contributed by atoms with Crippen LogP contribution < -0.4 is 0 Å². The van der Waals surface area contributed by atoms with Crippen molar-refractivity contribution in [3.05, 3.63) is 39.4 Å². The molecule has 0 amide bonds. The Labute approximate surface area is 87.0 Å². The molecule has 0 fully saturated rings. The summed E-state index contributed by atoms with van der Waals surface area (Å²) in [5, 5.41) is 10.0. The molecule has 0 saturated heterocycles. The Morgan fingerprint density at radius 2 is 2.21 bits per heavy atom. The molecule has 1 heterocycles. The third kappa shape index (κ3) is 1.19. The van der Waals surface area contributed by atoms with Crippen LogP contribution in [0.1, 0.15) is 20.9 Å². The summed E-state index contributed by atoms with van der Waals surface area (Å²) in [5.41, 5.74) is 0.332. The highest BCUT2D eigenvalue weighted by Crippen LogP contribution is 2.39. The standard InChI is InChI=1S/C8H4BrNO4/c9-7-4-2-1-3-5(10(12)13)6(4)8(11)14-7/h1-3,7H. The SMILES string of the molecule is O=C1OC(Br)c2cccc([N+](=O)[O-])c21. The number of esters is 1. The van der Waals surface area contributed by atoms with Crippen molar-refractivity contribution in [2.24, 2.45) is 0 Å². The highest BCUT2D eigenvalue weighted by molar-refractivity contribution is 9.09. The molecule has 1 unspecified atom stereocenters. The summed E-state index contributed by atoms with van der Waals surface area (Å²) < 4.78 is 4.80. The van der Waals surface area contributed by atoms with Crippen LogP contribution in [-0.4, -0.2) is 10.9 Å². The number of fused-ring (bicyclic) bond motifs is 1. The number of carbonyl (C=O) groups excluding carboxylic acids is 1. The van der Waals surface area contributed by atoms with Gasteiger partial charge < -0.3 is 4.74 Å². The monoisotopic (exact) mass is 257 g/mol. The second-order valence-corrected chi connectivity index (χ2v) is 3.55. The fourth-order valence-corrected chi connectivity index (χ4v) is 1.89. The Bertz CT molecular complexity index is 431. The molecular formula is C8H4BrNO4. The van der Waals surface area contributed by atoms with Crippen LogP contribution in [-0.2, 0) is 4.74 Å². The molecule has 5 nitrogen and oxygen atoms in total. The number of alkyl halides is 1. The maximum absolute atomic E-state index is 11.2. The molecule has 0 aliphatic carbocycles. The van der Waals surface area contributed by atoms with Crippen LogP contribution in [0, 0.1) is 10.1 Å². The molecule has 0 aromatic heterocycles. The van der Waals surface area contributed by atoms with E-state index in [4.69, 9.17) is 4.74 Å². The Hall–Kier alpha value is -1.43. The number of hydrogen-bond acceptors (Lipinski definition) is 4. The summed E-state index contributed by atoms with van der Waals surface area (Å²) in [6.07, 6.45) is 0. The number of nitrogens with zero attached hydrogens (tertiary/aromatic N) is 1. The highest BCUT2D eigenvalue weighted by Gasteiger charge is 2.35. The van der Waals surface area contributed by atoms with Gasteiger partial charge in [0.2, 0.25) is 0 Å². The second-order valence-electron chi connectivity index (χ2n) is 2.72. The van der Waals surface area contributed by atoms with Crippen LogP contribution in [0.4, 0.5) is 5.69 Å². The van der Waals surface area contributed by atoms with Crippen molar-refractivity contribution < 1.29 is 14.5 Å². The van der Waals surface area contributed by atoms with E-state index in [1.54, 1.807) is 6.07 Å². The van der Waals surface area contributed by atoms with Gasteiger partial charge in [0.15, 0.2) is 5.01 Å². The van der Waals surface area contributed by atoms with Gasteiger partial charge in [0, 0.05) is 11.6 Å². The minimum Gasteiger partial charge on any atom is -0.442 e. The normalized spacial score (nSPS) is 18.9. The first-order chi connectivity index (χ1) is 6.61. The van der Waals surface area contributed by atoms with Gasteiger partial charge in [0.25, 0.3) is 5.69 Å². The van der Waals surface area contributed by atoms with E-state index in [1.165, 1.54) is 12.1 Å². The van der Waals surface area contributed by atoms with Gasteiger partial charge in [-0.15, -0.1) is 0 Å². The lowest BCUT2D eigenvalue weighted by molar-refractivity contribution is -0.385. The van der Waals surface area contributed by atoms with Crippen LogP contribution in [0.15, 0.2) is 18.2 Å². The van der Waals surface area contributed by atoms with E-state index in [1.807, 2.05) is 0 Å². The van der Waals surface area contributed by atoms with Crippen molar-refractivity contribution in [2.75, 3.05) is 0 Å². The lowest BCUT2D eigenvalue weighted by Gasteiger charge is -1.98. The van der Waals surface area contributed by atoms with Gasteiger partial charge in [-0.25, -0.2) is 4.79 Å². The summed E-state index contributed by atoms with van der Waals surface area (Å²) in [5.74, 6) is -0.658. The van der Waals surface area contributed by atoms with Gasteiger partial charge in [-0.05, 0) is 15.9 Å². The van der Waals surface area contributed by atoms with E-state index in [-0.39, 0.29) is 11.3 Å². The number of benzene rings is 1. The van der Waals surface area contributed by atoms with Crippen molar-refractivity contribution in [3.63, 3.8) is 0 Å². The summed E-state index contributed by atoms with van der Waals surface area (Å²) in [4.78, 5) is 21.2. The fraction of sp³-hybridized carbons (Fsp3) is 0.125. The van der Waals surface area contributed by atoms with Gasteiger partial charge in [0.05, 0.1) is 4.92 Å². The molecule has 0 bridgehead atoms. The minimum atomic E-state index is -0.658. The number of carbonyl (C=O) groups is 1. The number of cyclic esters (lactones) is 1. The van der Waals surface area contributed by atoms with E-state index in [9.17, 15) is 14.9 Å². The molecule has 1 aromatic carbocycles. The summed E-state index contributed by atoms with van der Waals surface area (Å²) in [6.45, 7) is 0. The molecule has 6 heteroatoms. The summed E-state index contributed by atoms with van der Waals surface area (Å²) >= 11 is 3.10. The number of nitro benzene ring substituents is 1. The number of rotatable bonds is 1. The molecule has 0 N–H and O–H groups in total. The van der Waals surface area contributed by atoms with Crippen molar-refractivity contribution in [3.8, 4) is 0 Å². The van der Waals surface area contributed by atoms with Gasteiger partial charge >= 0.3 is 5.97 Å². The van der Waals surface area contributed by atoms with Gasteiger partial charge in [-0.2, -0.15) is 0 Å². The maximum atomic E-state index is 11.2. The smallest absolute Gasteiger partial charge is 0.347 e. The molecule has 0 spiro atoms. The Morgan fingerprint density at radius 3 is 2.86 bits per heavy atom. The van der Waals surface area contributed by atoms with Crippen molar-refractivity contribution >= 4 is 27.6 Å². The lowest BCUT2D eigenvalue weighted by Crippen LogP contribution is -2.00. The lowest BCUT2D eigenvalue weighted by atomic mass is 10.1. The molecular weight excluding hydrogens is 254 g/mol. The van der Waals surface area contributed by atoms with Crippen LogP contribution in [0.25, 0.3) is 0 Å². The van der Waals surface area contributed by atoms with Gasteiger partial charge in [0.1, 0.15) is 5.56 Å². The molecule has 2 rings (SSSR count). The number of hydrogen-bond donors (Lipinski definition) is 0. The first kappa shape index (κ1) is 9.14. The highest BCUT2D eigenvalue weighted by atomic mass is 79.9. The van der Waals surface area contributed by atoms with Crippen LogP contribution in [0.2, 0.25) is 0 Å². The van der Waals surface area contributed by atoms with E-state index < -0.39 is 15.9 Å². The molecule has 1 atom stereocenters. The third-order valence-electron chi connectivity index (χ3n) is 1.93. The summed E-state index contributed by atoms with van der Waals surface area (Å²) in [7, 11) is 0. The fourth-order valence-electron chi connectivity index (χ4n) is 1.34. The number of ether oxygens (including phenoxy) is 1. The average Bonchev–Trinajstić information content (AvgIpc) is 2.43. The Morgan fingerprint density at radius 1 is 1.50 bits per heavy atom. The molecule has 1 aliphatic rings. The largest absolute Gasteiger partial charge is 0.442 e. The van der Waals surface area contributed by atoms with Crippen LogP contribution in [0.3, 0.4) is 0 Å². The third-order valence-corrected chi connectivity index (χ3v) is 2.61. The molecule has 14 heavy (non-hydrogen) atoms. The Kier molecular flexibility index (Phi) is 1.99. The second kappa shape index (κ2) is 3.06. The molecule has 1 aromatic rings. The summed E-state index contributed by atoms with van der Waals surface area (Å²) in [6, 6.07) is 4.42. The van der Waals surface area contributed by atoms with E-state index in [0.29, 0.717) is 5.56 Å². The average molecular weight is 258 g/mol. The zero-order valence-electron chi connectivity index (χ0n) is 6.77. The van der Waals surface area contributed by atoms with Crippen molar-refractivity contribution in [2.45, 2.75) is 5.01 Å². The molecule has 72 valence electrons. The maximum Gasteiger partial charge on any atom is 0.347 e. The van der Waals surface area contributed by atoms with Crippen molar-refractivity contribution in [1.82, 2.24) is 0 Å². The van der Waals surface area contributed by atoms with E-state index in [0.717, 1.165) is 0 Å². The number of nitro groups is 1. The van der Waals surface area contributed by atoms with Gasteiger partial charge in [-0.3, -0.25) is 10.1 Å². The molecule has 0 radical (unpaired) electrons. The topological polar surface area (TPSA) is 69.4 Å². The minimum absolute atomic E-state index is 0.0411. The molecule has 1 aliphatic heterocycles. The Balaban J connectivity index is 2.68. The predicted molar refractivity (Wildman–Crippen MR) is 50.2 cm³/mol. The van der Waals surface area contributed by atoms with Gasteiger partial charge in [-0.1, -0.05) is 12.1 Å². The van der Waals surface area contributed by atoms with Crippen LogP contribution in [0.5, 0.6) is 0 Å². The predicted octanol–water partition coefficient (Wildman–Crippen LogP) is 2.16. The first-order valence-corrected chi connectivity index (χ1v) is 4.65. The molecule has 0 saturated carbocycles. The number of halogens is 1. The van der Waals surface area contributed by atoms with Crippen molar-refractivity contribution in [1.29, 1.82) is 0 Å². The zero-order valence-corrected chi connectivity index (χ0v) is 8.35. The first-order valence-electron chi connectivity index (χ1n) is 3.73. The van der Waals surface area contributed by atoms with E-state index in [2.05, 4.69) is 15.9 Å². The van der Waals surface area contributed by atoms with E-state index >= 15 is 0 Å². The van der Waals surface area contributed by atoms with Crippen LogP contribution >= 0.6 is 15.9 Å². The quantitative estimate of drug-likeness (QED) is 0.335. The zero-order chi connectivity index (χ0) is 10.3.